The van der Waals surface area contributed by atoms with Crippen LogP contribution in [0.2, 0.25) is 0 Å². The van der Waals surface area contributed by atoms with Crippen molar-refractivity contribution in [2.45, 2.75) is 36.5 Å². The molecule has 4 aliphatic carbocycles. The van der Waals surface area contributed by atoms with Crippen LogP contribution in [0, 0.1) is 0 Å². The van der Waals surface area contributed by atoms with Gasteiger partial charge in [0.2, 0.25) is 0 Å². The van der Waals surface area contributed by atoms with Crippen LogP contribution in [0.4, 0.5) is 28.4 Å². The molecular weight excluding hydrogens is 725 g/mol. The van der Waals surface area contributed by atoms with Gasteiger partial charge >= 0.3 is 0 Å². The highest BCUT2D eigenvalue weighted by Crippen LogP contribution is 2.68. The Kier molecular flexibility index (Phi) is 9.12. The van der Waals surface area contributed by atoms with Crippen molar-refractivity contribution in [3.05, 3.63) is 270 Å². The molecule has 7 aromatic rings. The molecule has 3 atom stereocenters. The molecule has 2 heteroatoms. The maximum absolute atomic E-state index is 2.55. The first kappa shape index (κ1) is 36.0. The van der Waals surface area contributed by atoms with E-state index in [1.54, 1.807) is 0 Å². The third-order valence-electron chi connectivity index (χ3n) is 13.0. The number of hydrogen-bond acceptors (Lipinski definition) is 2. The van der Waals surface area contributed by atoms with E-state index in [1.165, 1.54) is 44.5 Å². The summed E-state index contributed by atoms with van der Waals surface area (Å²) in [4.78, 5) is 4.83. The Labute approximate surface area is 354 Å². The van der Waals surface area contributed by atoms with E-state index in [1.807, 2.05) is 0 Å². The highest BCUT2D eigenvalue weighted by Gasteiger charge is 2.58. The fraction of sp³-hybridized carbons (Fsp3) is 0.103. The Morgan fingerprint density at radius 1 is 0.450 bits per heavy atom. The molecule has 7 aromatic carbocycles. The van der Waals surface area contributed by atoms with E-state index in [4.69, 9.17) is 0 Å². The van der Waals surface area contributed by atoms with E-state index in [0.717, 1.165) is 53.4 Å². The Bertz CT molecular complexity index is 2810. The zero-order valence-corrected chi connectivity index (χ0v) is 33.6. The molecule has 0 aromatic heterocycles. The normalized spacial score (nSPS) is 19.5. The summed E-state index contributed by atoms with van der Waals surface area (Å²) in [7, 11) is 0. The first-order valence-corrected chi connectivity index (χ1v) is 21.4. The predicted octanol–water partition coefficient (Wildman–Crippen LogP) is 15.2. The summed E-state index contributed by atoms with van der Waals surface area (Å²) in [6.07, 6.45) is 21.6. The molecule has 4 aliphatic rings. The molecule has 0 bridgehead atoms. The average Bonchev–Trinajstić information content (AvgIpc) is 3.40. The van der Waals surface area contributed by atoms with Gasteiger partial charge in [-0.3, -0.25) is 0 Å². The van der Waals surface area contributed by atoms with Crippen LogP contribution in [0.1, 0.15) is 58.9 Å². The van der Waals surface area contributed by atoms with Crippen LogP contribution in [0.15, 0.2) is 242 Å². The second-order valence-electron chi connectivity index (χ2n) is 16.2. The number of hydrogen-bond donors (Lipinski definition) is 0. The van der Waals surface area contributed by atoms with Gasteiger partial charge < -0.3 is 9.80 Å². The zero-order valence-electron chi connectivity index (χ0n) is 33.6. The van der Waals surface area contributed by atoms with Crippen LogP contribution < -0.4 is 9.80 Å². The van der Waals surface area contributed by atoms with Crippen LogP contribution >= 0.6 is 0 Å². The molecule has 0 radical (unpaired) electrons. The molecule has 0 aliphatic heterocycles. The largest absolute Gasteiger partial charge is 0.311 e. The lowest BCUT2D eigenvalue weighted by atomic mass is 9.57. The van der Waals surface area contributed by atoms with Gasteiger partial charge in [-0.1, -0.05) is 158 Å². The standard InChI is InChI=1S/C58H46N2/c1-2-13-27-46(26-12-1)60(47-32-18-7-19-33-47)49-37-39-53-55(41-49)58(42-22-8-3-9-23-42,43-24-10-4-11-25-43)57-52-38-36-48(40-54(52)50-34-20-21-35-51(50)56(53)57)59(44-28-14-5-15-29-44)45-30-16-6-17-31-45/h1,3,5-10,12-41,56-57H,2,4,11H2. The predicted molar refractivity (Wildman–Crippen MR) is 251 cm³/mol. The van der Waals surface area contributed by atoms with Crippen LogP contribution in [-0.2, 0) is 5.41 Å². The van der Waals surface area contributed by atoms with Crippen molar-refractivity contribution in [2.75, 3.05) is 9.80 Å². The van der Waals surface area contributed by atoms with E-state index < -0.39 is 5.41 Å². The Morgan fingerprint density at radius 2 is 1.07 bits per heavy atom. The minimum atomic E-state index is -0.466. The van der Waals surface area contributed by atoms with Gasteiger partial charge in [-0.15, -0.1) is 0 Å². The van der Waals surface area contributed by atoms with Crippen LogP contribution in [0.3, 0.4) is 0 Å². The Balaban J connectivity index is 1.19. The topological polar surface area (TPSA) is 6.48 Å². The number of allylic oxidation sites excluding steroid dienone is 9. The molecule has 2 nitrogen and oxygen atoms in total. The summed E-state index contributed by atoms with van der Waals surface area (Å²) in [5.41, 5.74) is 17.3. The van der Waals surface area contributed by atoms with Crippen molar-refractivity contribution in [2.24, 2.45) is 0 Å². The smallest absolute Gasteiger partial charge is 0.0529 e. The first-order chi connectivity index (χ1) is 29.8. The molecular formula is C58H46N2. The molecule has 11 rings (SSSR count). The lowest BCUT2D eigenvalue weighted by molar-refractivity contribution is 0.479. The van der Waals surface area contributed by atoms with Crippen molar-refractivity contribution in [1.82, 2.24) is 0 Å². The molecule has 3 unspecified atom stereocenters. The van der Waals surface area contributed by atoms with Crippen molar-refractivity contribution in [3.63, 3.8) is 0 Å². The summed E-state index contributed by atoms with van der Waals surface area (Å²) in [5.74, 6) is 0.245. The minimum absolute atomic E-state index is 0.102. The molecule has 60 heavy (non-hydrogen) atoms. The Morgan fingerprint density at radius 3 is 1.75 bits per heavy atom. The van der Waals surface area contributed by atoms with Gasteiger partial charge in [0.05, 0.1) is 5.41 Å². The van der Waals surface area contributed by atoms with Gasteiger partial charge in [-0.05, 0) is 137 Å². The highest BCUT2D eigenvalue weighted by atomic mass is 15.1. The van der Waals surface area contributed by atoms with Crippen LogP contribution in [0.25, 0.3) is 11.1 Å². The highest BCUT2D eigenvalue weighted by molar-refractivity contribution is 5.87. The Hall–Kier alpha value is -7.16. The van der Waals surface area contributed by atoms with Gasteiger partial charge in [0.1, 0.15) is 0 Å². The third-order valence-corrected chi connectivity index (χ3v) is 13.0. The van der Waals surface area contributed by atoms with Gasteiger partial charge in [0.25, 0.3) is 0 Å². The number of fused-ring (bicyclic) bond motifs is 8. The zero-order chi connectivity index (χ0) is 39.9. The minimum Gasteiger partial charge on any atom is -0.311 e. The van der Waals surface area contributed by atoms with Gasteiger partial charge in [0, 0.05) is 46.0 Å². The van der Waals surface area contributed by atoms with Crippen LogP contribution in [0.5, 0.6) is 0 Å². The van der Waals surface area contributed by atoms with Crippen molar-refractivity contribution < 1.29 is 0 Å². The number of nitrogens with zero attached hydrogens (tertiary/aromatic N) is 2. The van der Waals surface area contributed by atoms with Gasteiger partial charge in [0.15, 0.2) is 0 Å². The molecule has 0 saturated carbocycles. The fourth-order valence-electron chi connectivity index (χ4n) is 10.6. The number of benzene rings is 7. The summed E-state index contributed by atoms with van der Waals surface area (Å²) in [6.45, 7) is 0. The molecule has 0 saturated heterocycles. The number of anilines is 5. The maximum Gasteiger partial charge on any atom is 0.0529 e. The van der Waals surface area contributed by atoms with Gasteiger partial charge in [-0.2, -0.15) is 0 Å². The second kappa shape index (κ2) is 15.2. The van der Waals surface area contributed by atoms with E-state index in [-0.39, 0.29) is 11.8 Å². The van der Waals surface area contributed by atoms with E-state index in [9.17, 15) is 0 Å². The van der Waals surface area contributed by atoms with Crippen molar-refractivity contribution in [1.29, 1.82) is 0 Å². The summed E-state index contributed by atoms with van der Waals surface area (Å²) in [5, 5.41) is 0. The monoisotopic (exact) mass is 770 g/mol. The molecule has 0 spiro atoms. The van der Waals surface area contributed by atoms with Gasteiger partial charge in [-0.25, -0.2) is 0 Å². The fourth-order valence-corrected chi connectivity index (χ4v) is 10.6. The molecule has 0 amide bonds. The van der Waals surface area contributed by atoms with Crippen LogP contribution in [-0.4, -0.2) is 0 Å². The number of rotatable bonds is 8. The number of para-hydroxylation sites is 3. The first-order valence-electron chi connectivity index (χ1n) is 21.4. The van der Waals surface area contributed by atoms with E-state index in [0.29, 0.717) is 0 Å². The average molecular weight is 771 g/mol. The van der Waals surface area contributed by atoms with Crippen molar-refractivity contribution in [3.8, 4) is 11.1 Å². The molecule has 0 heterocycles. The second-order valence-corrected chi connectivity index (χ2v) is 16.2. The molecule has 288 valence electrons. The van der Waals surface area contributed by atoms with E-state index in [2.05, 4.69) is 240 Å². The lowest BCUT2D eigenvalue weighted by Crippen LogP contribution is -2.36. The summed E-state index contributed by atoms with van der Waals surface area (Å²) in [6, 6.07) is 67.7. The SMILES string of the molecule is C1=CCC=CC(N(c2ccccc2)c2ccc3c(c2)C(C2=CCCC=C2)(c2ccccc2)C2c4ccc(N(c5ccccc5)c5ccccc5)cc4-c4ccccc4C32)=C1. The maximum atomic E-state index is 2.55. The molecule has 0 fully saturated rings. The lowest BCUT2D eigenvalue weighted by Gasteiger charge is -2.44. The molecule has 0 N–H and O–H groups in total. The quantitative estimate of drug-likeness (QED) is 0.152. The third kappa shape index (κ3) is 5.86. The summed E-state index contributed by atoms with van der Waals surface area (Å²) < 4.78 is 0. The van der Waals surface area contributed by atoms with Crippen molar-refractivity contribution >= 4 is 28.4 Å². The van der Waals surface area contributed by atoms with E-state index >= 15 is 0 Å². The summed E-state index contributed by atoms with van der Waals surface area (Å²) >= 11 is 0.